The molecule has 2 aromatic rings. The van der Waals surface area contributed by atoms with Crippen LogP contribution in [-0.4, -0.2) is 14.7 Å². The van der Waals surface area contributed by atoms with Gasteiger partial charge in [-0.25, -0.2) is 4.98 Å². The molecular weight excluding hydrogens is 200 g/mol. The minimum Gasteiger partial charge on any atom is -0.382 e. The average molecular weight is 216 g/mol. The Labute approximate surface area is 95.4 Å². The third kappa shape index (κ3) is 1.86. The Morgan fingerprint density at radius 1 is 1.31 bits per heavy atom. The molecule has 3 heteroatoms. The standard InChI is InChI=1S/C13H16N2O/c1-9-5-4-6-11(10(9)2)13(16)12-7-15(3)8-14-12/h4-8,13,16H,1-3H3. The van der Waals surface area contributed by atoms with E-state index >= 15 is 0 Å². The van der Waals surface area contributed by atoms with Gasteiger partial charge in [0.05, 0.1) is 12.0 Å². The molecule has 0 aliphatic rings. The maximum atomic E-state index is 10.2. The molecule has 1 aromatic heterocycles. The van der Waals surface area contributed by atoms with Gasteiger partial charge in [-0.15, -0.1) is 0 Å². The SMILES string of the molecule is Cc1cccc(C(O)c2cn(C)cn2)c1C. The average Bonchev–Trinajstić information content (AvgIpc) is 2.68. The van der Waals surface area contributed by atoms with Crippen molar-refractivity contribution < 1.29 is 5.11 Å². The van der Waals surface area contributed by atoms with Crippen LogP contribution in [0.25, 0.3) is 0 Å². The molecule has 0 fully saturated rings. The number of aliphatic hydroxyl groups is 1. The Morgan fingerprint density at radius 3 is 2.69 bits per heavy atom. The van der Waals surface area contributed by atoms with Crippen molar-refractivity contribution in [2.75, 3.05) is 0 Å². The van der Waals surface area contributed by atoms with Gasteiger partial charge in [0.2, 0.25) is 0 Å². The molecule has 0 amide bonds. The lowest BCUT2D eigenvalue weighted by atomic mass is 9.98. The Kier molecular flexibility index (Phi) is 2.79. The second-order valence-electron chi connectivity index (χ2n) is 4.16. The lowest BCUT2D eigenvalue weighted by molar-refractivity contribution is 0.215. The van der Waals surface area contributed by atoms with Crippen LogP contribution in [-0.2, 0) is 7.05 Å². The molecule has 1 heterocycles. The molecule has 0 aliphatic carbocycles. The van der Waals surface area contributed by atoms with Crippen molar-refractivity contribution in [2.24, 2.45) is 7.05 Å². The van der Waals surface area contributed by atoms with E-state index < -0.39 is 6.10 Å². The number of hydrogen-bond acceptors (Lipinski definition) is 2. The zero-order valence-corrected chi connectivity index (χ0v) is 9.81. The quantitative estimate of drug-likeness (QED) is 0.835. The number of benzene rings is 1. The molecule has 16 heavy (non-hydrogen) atoms. The molecule has 0 spiro atoms. The number of hydrogen-bond donors (Lipinski definition) is 1. The molecule has 0 saturated heterocycles. The van der Waals surface area contributed by atoms with Crippen LogP contribution in [0.5, 0.6) is 0 Å². The van der Waals surface area contributed by atoms with Crippen molar-refractivity contribution in [3.63, 3.8) is 0 Å². The highest BCUT2D eigenvalue weighted by Crippen LogP contribution is 2.24. The van der Waals surface area contributed by atoms with Crippen molar-refractivity contribution in [3.05, 3.63) is 53.1 Å². The Hall–Kier alpha value is -1.61. The smallest absolute Gasteiger partial charge is 0.123 e. The third-order valence-electron chi connectivity index (χ3n) is 2.95. The zero-order valence-electron chi connectivity index (χ0n) is 9.81. The van der Waals surface area contributed by atoms with E-state index in [1.54, 1.807) is 6.33 Å². The van der Waals surface area contributed by atoms with E-state index in [1.807, 2.05) is 49.9 Å². The lowest BCUT2D eigenvalue weighted by Gasteiger charge is -2.13. The monoisotopic (exact) mass is 216 g/mol. The number of nitrogens with zero attached hydrogens (tertiary/aromatic N) is 2. The van der Waals surface area contributed by atoms with Gasteiger partial charge in [-0.2, -0.15) is 0 Å². The molecule has 2 rings (SSSR count). The molecule has 1 N–H and O–H groups in total. The first kappa shape index (κ1) is 10.9. The minimum absolute atomic E-state index is 0.638. The number of aryl methyl sites for hydroxylation is 2. The normalized spacial score (nSPS) is 12.8. The van der Waals surface area contributed by atoms with Gasteiger partial charge in [-0.05, 0) is 30.5 Å². The predicted octanol–water partition coefficient (Wildman–Crippen LogP) is 2.12. The van der Waals surface area contributed by atoms with Crippen LogP contribution in [0.15, 0.2) is 30.7 Å². The molecule has 0 aliphatic heterocycles. The summed E-state index contributed by atoms with van der Waals surface area (Å²) in [5.41, 5.74) is 3.93. The van der Waals surface area contributed by atoms with Gasteiger partial charge in [0.25, 0.3) is 0 Å². The van der Waals surface area contributed by atoms with Crippen molar-refractivity contribution >= 4 is 0 Å². The summed E-state index contributed by atoms with van der Waals surface area (Å²) in [6.07, 6.45) is 2.90. The highest BCUT2D eigenvalue weighted by atomic mass is 16.3. The molecule has 0 bridgehead atoms. The first-order chi connectivity index (χ1) is 7.59. The lowest BCUT2D eigenvalue weighted by Crippen LogP contribution is -2.03. The zero-order chi connectivity index (χ0) is 11.7. The fourth-order valence-corrected chi connectivity index (χ4v) is 1.80. The van der Waals surface area contributed by atoms with E-state index in [9.17, 15) is 5.11 Å². The van der Waals surface area contributed by atoms with Gasteiger partial charge < -0.3 is 9.67 Å². The Balaban J connectivity index is 2.41. The first-order valence-corrected chi connectivity index (χ1v) is 5.31. The van der Waals surface area contributed by atoms with Gasteiger partial charge in [0.1, 0.15) is 6.10 Å². The van der Waals surface area contributed by atoms with Crippen molar-refractivity contribution in [1.29, 1.82) is 0 Å². The van der Waals surface area contributed by atoms with Crippen LogP contribution in [0, 0.1) is 13.8 Å². The molecule has 1 aromatic carbocycles. The number of aromatic nitrogens is 2. The fourth-order valence-electron chi connectivity index (χ4n) is 1.80. The molecule has 84 valence electrons. The molecule has 3 nitrogen and oxygen atoms in total. The maximum absolute atomic E-state index is 10.2. The van der Waals surface area contributed by atoms with E-state index in [2.05, 4.69) is 4.98 Å². The van der Waals surface area contributed by atoms with E-state index in [-0.39, 0.29) is 0 Å². The summed E-state index contributed by atoms with van der Waals surface area (Å²) in [5.74, 6) is 0. The van der Waals surface area contributed by atoms with Gasteiger partial charge in [0, 0.05) is 13.2 Å². The summed E-state index contributed by atoms with van der Waals surface area (Å²) >= 11 is 0. The summed E-state index contributed by atoms with van der Waals surface area (Å²) in [6.45, 7) is 4.07. The second-order valence-corrected chi connectivity index (χ2v) is 4.16. The van der Waals surface area contributed by atoms with E-state index in [4.69, 9.17) is 0 Å². The summed E-state index contributed by atoms with van der Waals surface area (Å²) < 4.78 is 1.84. The highest BCUT2D eigenvalue weighted by molar-refractivity contribution is 5.37. The molecule has 1 atom stereocenters. The topological polar surface area (TPSA) is 38.0 Å². The van der Waals surface area contributed by atoms with Crippen molar-refractivity contribution in [3.8, 4) is 0 Å². The van der Waals surface area contributed by atoms with E-state index in [0.717, 1.165) is 11.1 Å². The van der Waals surface area contributed by atoms with Crippen LogP contribution in [0.2, 0.25) is 0 Å². The van der Waals surface area contributed by atoms with Crippen LogP contribution < -0.4 is 0 Å². The highest BCUT2D eigenvalue weighted by Gasteiger charge is 2.15. The number of aliphatic hydroxyl groups excluding tert-OH is 1. The van der Waals surface area contributed by atoms with Gasteiger partial charge in [-0.3, -0.25) is 0 Å². The maximum Gasteiger partial charge on any atom is 0.123 e. The number of imidazole rings is 1. The van der Waals surface area contributed by atoms with Crippen LogP contribution in [0.4, 0.5) is 0 Å². The molecule has 0 saturated carbocycles. The van der Waals surface area contributed by atoms with Gasteiger partial charge >= 0.3 is 0 Å². The summed E-state index contributed by atoms with van der Waals surface area (Å²) in [5, 5.41) is 10.2. The number of rotatable bonds is 2. The van der Waals surface area contributed by atoms with Gasteiger partial charge in [-0.1, -0.05) is 18.2 Å². The van der Waals surface area contributed by atoms with Crippen LogP contribution in [0.3, 0.4) is 0 Å². The van der Waals surface area contributed by atoms with Crippen molar-refractivity contribution in [2.45, 2.75) is 20.0 Å². The van der Waals surface area contributed by atoms with E-state index in [0.29, 0.717) is 5.69 Å². The second kappa shape index (κ2) is 4.10. The molecular formula is C13H16N2O. The molecule has 0 radical (unpaired) electrons. The van der Waals surface area contributed by atoms with Crippen molar-refractivity contribution in [1.82, 2.24) is 9.55 Å². The minimum atomic E-state index is -0.638. The van der Waals surface area contributed by atoms with Crippen LogP contribution >= 0.6 is 0 Å². The molecule has 1 unspecified atom stereocenters. The summed E-state index contributed by atoms with van der Waals surface area (Å²) in [7, 11) is 1.90. The van der Waals surface area contributed by atoms with Gasteiger partial charge in [0.15, 0.2) is 0 Å². The van der Waals surface area contributed by atoms with Crippen LogP contribution in [0.1, 0.15) is 28.5 Å². The Bertz CT molecular complexity index is 502. The summed E-state index contributed by atoms with van der Waals surface area (Å²) in [6, 6.07) is 5.95. The largest absolute Gasteiger partial charge is 0.382 e. The predicted molar refractivity (Wildman–Crippen MR) is 63.2 cm³/mol. The van der Waals surface area contributed by atoms with E-state index in [1.165, 1.54) is 5.56 Å². The first-order valence-electron chi connectivity index (χ1n) is 5.31. The third-order valence-corrected chi connectivity index (χ3v) is 2.95. The Morgan fingerprint density at radius 2 is 2.06 bits per heavy atom. The fraction of sp³-hybridized carbons (Fsp3) is 0.308. The summed E-state index contributed by atoms with van der Waals surface area (Å²) in [4.78, 5) is 4.18.